The zero-order chi connectivity index (χ0) is 18.3. The van der Waals surface area contributed by atoms with Crippen molar-refractivity contribution < 1.29 is 86.3 Å². The van der Waals surface area contributed by atoms with Crippen LogP contribution in [0, 0.1) is 26.0 Å². The Labute approximate surface area is 227 Å². The number of hydrogen-bond acceptors (Lipinski definition) is 2. The van der Waals surface area contributed by atoms with E-state index in [4.69, 9.17) is 6.42 Å². The number of hydrogen-bond donors (Lipinski definition) is 1. The molecule has 1 N–H and O–H groups in total. The van der Waals surface area contributed by atoms with Gasteiger partial charge in [-0.2, -0.15) is 13.2 Å². The van der Waals surface area contributed by atoms with Crippen molar-refractivity contribution in [2.24, 2.45) is 0 Å². The number of benzene rings is 1. The average Bonchev–Trinajstić information content (AvgIpc) is 2.43. The number of alkyl halides is 3. The molecule has 0 saturated heterocycles. The molecule has 0 saturated carbocycles. The van der Waals surface area contributed by atoms with E-state index in [1.54, 1.807) is 26.8 Å². The molecule has 1 atom stereocenters. The topological polar surface area (TPSA) is 29.1 Å². The predicted octanol–water partition coefficient (Wildman–Crippen LogP) is 2.68. The third-order valence-electron chi connectivity index (χ3n) is 2.75. The van der Waals surface area contributed by atoms with E-state index in [-0.39, 0.29) is 88.4 Å². The van der Waals surface area contributed by atoms with Crippen molar-refractivity contribution in [2.75, 3.05) is 0 Å². The largest absolute Gasteiger partial charge is 1.00 e. The number of terminal acetylenes is 1. The second-order valence-electron chi connectivity index (χ2n) is 5.48. The van der Waals surface area contributed by atoms with Crippen LogP contribution in [0.3, 0.4) is 0 Å². The van der Waals surface area contributed by atoms with E-state index in [0.717, 1.165) is 6.07 Å². The van der Waals surface area contributed by atoms with Crippen molar-refractivity contribution in [2.45, 2.75) is 45.2 Å². The molecule has 9 heteroatoms. The van der Waals surface area contributed by atoms with Crippen LogP contribution in [0.2, 0.25) is 0 Å². The summed E-state index contributed by atoms with van der Waals surface area (Å²) >= 11 is 2.03. The van der Waals surface area contributed by atoms with Gasteiger partial charge >= 0.3 is 75.1 Å². The van der Waals surface area contributed by atoms with Gasteiger partial charge in [0.2, 0.25) is 0 Å². The van der Waals surface area contributed by atoms with Gasteiger partial charge in [0, 0.05) is 27.8 Å². The summed E-state index contributed by atoms with van der Waals surface area (Å²) in [5, 5.41) is 2.33. The summed E-state index contributed by atoms with van der Waals surface area (Å²) in [5.41, 5.74) is 0.0363. The van der Waals surface area contributed by atoms with Gasteiger partial charge in [0.25, 0.3) is 0 Å². The first-order chi connectivity index (χ1) is 10.4. The summed E-state index contributed by atoms with van der Waals surface area (Å²) in [5.74, 6) is 0. The van der Waals surface area contributed by atoms with Crippen molar-refractivity contribution in [3.63, 3.8) is 0 Å². The Hall–Kier alpha value is 1.81. The van der Waals surface area contributed by atoms with Crippen LogP contribution in [0.25, 0.3) is 0 Å². The molecule has 0 radical (unpaired) electrons. The van der Waals surface area contributed by atoms with E-state index in [9.17, 15) is 17.4 Å². The number of nitrogens with one attached hydrogen (secondary N) is 1. The molecule has 25 heavy (non-hydrogen) atoms. The molecule has 0 aromatic heterocycles. The van der Waals surface area contributed by atoms with Gasteiger partial charge in [-0.1, -0.05) is 12.1 Å². The van der Waals surface area contributed by atoms with Crippen molar-refractivity contribution in [1.29, 1.82) is 0 Å². The minimum absolute atomic E-state index is 0. The SMILES string of the molecule is C#CSI.Cc1c(CNS(=O)C(C)(C)C)cccc1C(F)(F)F.[CH3-].[Cs+]. The maximum Gasteiger partial charge on any atom is 1.00 e. The Morgan fingerprint density at radius 2 is 1.80 bits per heavy atom. The normalized spacial score (nSPS) is 11.8. The Bertz CT molecular complexity index is 584. The van der Waals surface area contributed by atoms with Crippen molar-refractivity contribution in [3.8, 4) is 11.7 Å². The maximum absolute atomic E-state index is 12.7. The molecule has 0 aliphatic rings. The predicted molar refractivity (Wildman–Crippen MR) is 108 cm³/mol. The monoisotopic (exact) mass is 625 g/mol. The molecule has 138 valence electrons. The van der Waals surface area contributed by atoms with E-state index >= 15 is 0 Å². The van der Waals surface area contributed by atoms with Crippen molar-refractivity contribution in [3.05, 3.63) is 42.3 Å². The third kappa shape index (κ3) is 12.8. The van der Waals surface area contributed by atoms with Gasteiger partial charge in [0.15, 0.2) is 0 Å². The van der Waals surface area contributed by atoms with Crippen LogP contribution in [0.5, 0.6) is 0 Å². The van der Waals surface area contributed by atoms with Gasteiger partial charge in [0.1, 0.15) is 0 Å². The minimum Gasteiger partial charge on any atom is -0.358 e. The molecule has 0 spiro atoms. The fourth-order valence-corrected chi connectivity index (χ4v) is 2.26. The van der Waals surface area contributed by atoms with E-state index in [0.29, 0.717) is 5.56 Å². The van der Waals surface area contributed by atoms with Crippen LogP contribution in [-0.2, 0) is 23.7 Å². The fourth-order valence-electron chi connectivity index (χ4n) is 1.54. The van der Waals surface area contributed by atoms with Crippen LogP contribution >= 0.6 is 30.1 Å². The smallest absolute Gasteiger partial charge is 0.358 e. The van der Waals surface area contributed by atoms with Crippen molar-refractivity contribution >= 4 is 41.1 Å². The molecule has 1 aromatic rings. The second kappa shape index (κ2) is 14.8. The standard InChI is InChI=1S/C13H18F3NOS.C2HIS.CH3.Cs/c1-9-10(8-17-19(18)12(2,3)4)6-5-7-11(9)13(14,15)16;1-2-4-3;;/h5-7,17H,8H2,1-4H3;1H;1H3;/q;;-1;+1. The van der Waals surface area contributed by atoms with Gasteiger partial charge in [-0.05, 0) is 59.1 Å². The Morgan fingerprint density at radius 3 is 2.16 bits per heavy atom. The molecule has 0 bridgehead atoms. The summed E-state index contributed by atoms with van der Waals surface area (Å²) in [6.45, 7) is 6.98. The van der Waals surface area contributed by atoms with E-state index < -0.39 is 27.5 Å². The van der Waals surface area contributed by atoms with E-state index in [1.807, 2.05) is 21.2 Å². The molecule has 0 heterocycles. The summed E-state index contributed by atoms with van der Waals surface area (Å²) in [6, 6.07) is 4.03. The first-order valence-electron chi connectivity index (χ1n) is 6.49. The molecule has 1 rings (SSSR count). The molecule has 0 amide bonds. The Balaban J connectivity index is -0.000000728. The molecule has 0 fully saturated rings. The minimum atomic E-state index is -4.36. The van der Waals surface area contributed by atoms with E-state index in [2.05, 4.69) is 9.97 Å². The van der Waals surface area contributed by atoms with E-state index in [1.165, 1.54) is 21.9 Å². The van der Waals surface area contributed by atoms with Gasteiger partial charge in [-0.15, -0.1) is 6.42 Å². The first-order valence-corrected chi connectivity index (χ1v) is 11.0. The zero-order valence-electron chi connectivity index (χ0n) is 15.3. The van der Waals surface area contributed by atoms with Crippen LogP contribution in [0.4, 0.5) is 13.2 Å². The summed E-state index contributed by atoms with van der Waals surface area (Å²) in [6.07, 6.45) is 0.375. The summed E-state index contributed by atoms with van der Waals surface area (Å²) in [7, 11) is 0.0492. The molecule has 0 aliphatic carbocycles. The van der Waals surface area contributed by atoms with Gasteiger partial charge in [0.05, 0.1) is 21.3 Å². The fraction of sp³-hybridized carbons (Fsp3) is 0.438. The summed E-state index contributed by atoms with van der Waals surface area (Å²) < 4.78 is 52.3. The molecule has 0 aliphatic heterocycles. The second-order valence-corrected chi connectivity index (χ2v) is 9.25. The first kappa shape index (κ1) is 31.5. The molecule has 2 nitrogen and oxygen atoms in total. The average molecular weight is 625 g/mol. The quantitative estimate of drug-likeness (QED) is 0.319. The van der Waals surface area contributed by atoms with Crippen LogP contribution in [0.15, 0.2) is 18.2 Å². The van der Waals surface area contributed by atoms with Gasteiger partial charge < -0.3 is 7.43 Å². The molecular weight excluding hydrogens is 603 g/mol. The molecule has 1 aromatic carbocycles. The zero-order valence-corrected chi connectivity index (χ0v) is 25.3. The summed E-state index contributed by atoms with van der Waals surface area (Å²) in [4.78, 5) is 0. The van der Waals surface area contributed by atoms with Crippen LogP contribution in [0.1, 0.15) is 37.5 Å². The number of rotatable bonds is 3. The van der Waals surface area contributed by atoms with Crippen LogP contribution < -0.4 is 73.6 Å². The molecule has 1 unspecified atom stereocenters. The third-order valence-corrected chi connectivity index (χ3v) is 5.12. The number of halogens is 4. The maximum atomic E-state index is 12.7. The van der Waals surface area contributed by atoms with Gasteiger partial charge in [-0.3, -0.25) is 0 Å². The Morgan fingerprint density at radius 1 is 1.32 bits per heavy atom. The molecular formula is C16H22CsF3INOS2. The van der Waals surface area contributed by atoms with Crippen LogP contribution in [-0.4, -0.2) is 8.96 Å². The van der Waals surface area contributed by atoms with Crippen molar-refractivity contribution in [1.82, 2.24) is 4.72 Å². The van der Waals surface area contributed by atoms with Gasteiger partial charge in [-0.25, -0.2) is 8.93 Å². The Kier molecular flexibility index (Phi) is 18.6.